The molecule has 0 fully saturated rings. The number of methoxy groups -OCH3 is 2. The Labute approximate surface area is 128 Å². The van der Waals surface area contributed by atoms with Gasteiger partial charge in [-0.25, -0.2) is 0 Å². The molecular weight excluding hydrogens is 284 g/mol. The van der Waals surface area contributed by atoms with Crippen LogP contribution in [0.2, 0.25) is 0 Å². The molecule has 0 radical (unpaired) electrons. The van der Waals surface area contributed by atoms with Gasteiger partial charge in [0, 0.05) is 0 Å². The van der Waals surface area contributed by atoms with E-state index in [0.29, 0.717) is 23.5 Å². The van der Waals surface area contributed by atoms with Crippen molar-refractivity contribution < 1.29 is 24.5 Å². The highest BCUT2D eigenvalue weighted by Crippen LogP contribution is 2.30. The quantitative estimate of drug-likeness (QED) is 0.858. The molecule has 22 heavy (non-hydrogen) atoms. The van der Waals surface area contributed by atoms with Crippen LogP contribution in [0.4, 0.5) is 0 Å². The number of phenolic OH excluding ortho intramolecular Hbond substituents is 1. The fraction of sp³-hybridized carbons (Fsp3) is 0.235. The maximum atomic E-state index is 11.6. The summed E-state index contributed by atoms with van der Waals surface area (Å²) < 4.78 is 10.2. The second kappa shape index (κ2) is 6.85. The maximum absolute atomic E-state index is 11.6. The first kappa shape index (κ1) is 15.7. The molecule has 5 heteroatoms. The Hall–Kier alpha value is -2.69. The molecule has 0 saturated carbocycles. The number of aromatic hydroxyl groups is 1. The average Bonchev–Trinajstić information content (AvgIpc) is 2.53. The van der Waals surface area contributed by atoms with Crippen molar-refractivity contribution >= 4 is 5.97 Å². The summed E-state index contributed by atoms with van der Waals surface area (Å²) in [4.78, 5) is 11.6. The van der Waals surface area contributed by atoms with Crippen LogP contribution in [-0.4, -0.2) is 30.4 Å². The van der Waals surface area contributed by atoms with Crippen LogP contribution >= 0.6 is 0 Å². The molecule has 1 atom stereocenters. The van der Waals surface area contributed by atoms with Gasteiger partial charge >= 0.3 is 5.97 Å². The molecule has 0 bridgehead atoms. The number of phenols is 1. The maximum Gasteiger partial charge on any atom is 0.311 e. The zero-order valence-corrected chi connectivity index (χ0v) is 12.4. The zero-order chi connectivity index (χ0) is 16.1. The van der Waals surface area contributed by atoms with Crippen LogP contribution in [0.25, 0.3) is 0 Å². The molecule has 0 aliphatic rings. The van der Waals surface area contributed by atoms with Crippen LogP contribution in [0.3, 0.4) is 0 Å². The van der Waals surface area contributed by atoms with Crippen LogP contribution in [0.15, 0.2) is 42.5 Å². The molecule has 0 aliphatic carbocycles. The normalized spacial score (nSPS) is 11.7. The van der Waals surface area contributed by atoms with E-state index in [1.54, 1.807) is 43.5 Å². The lowest BCUT2D eigenvalue weighted by Gasteiger charge is -2.15. The minimum atomic E-state index is -0.916. The lowest BCUT2D eigenvalue weighted by Crippen LogP contribution is -2.14. The van der Waals surface area contributed by atoms with Crippen LogP contribution in [0.1, 0.15) is 17.0 Å². The largest absolute Gasteiger partial charge is 0.504 e. The summed E-state index contributed by atoms with van der Waals surface area (Å²) in [5.41, 5.74) is 1.43. The summed E-state index contributed by atoms with van der Waals surface area (Å²) in [6, 6.07) is 11.8. The predicted molar refractivity (Wildman–Crippen MR) is 81.7 cm³/mol. The Bertz CT molecular complexity index is 666. The number of carboxylic acids is 1. The predicted octanol–water partition coefficient (Wildman–Crippen LogP) is 2.82. The van der Waals surface area contributed by atoms with Crippen LogP contribution in [-0.2, 0) is 11.2 Å². The number of aliphatic carboxylic acids is 1. The second-order valence-corrected chi connectivity index (χ2v) is 4.88. The van der Waals surface area contributed by atoms with E-state index in [4.69, 9.17) is 9.47 Å². The van der Waals surface area contributed by atoms with Crippen molar-refractivity contribution in [2.45, 2.75) is 12.3 Å². The number of carboxylic acid groups (broad SMARTS) is 1. The number of hydrogen-bond acceptors (Lipinski definition) is 4. The van der Waals surface area contributed by atoms with Gasteiger partial charge in [0.05, 0.1) is 20.1 Å². The van der Waals surface area contributed by atoms with Crippen molar-refractivity contribution in [1.82, 2.24) is 0 Å². The van der Waals surface area contributed by atoms with Crippen molar-refractivity contribution in [2.24, 2.45) is 0 Å². The number of benzene rings is 2. The molecule has 5 nitrogen and oxygen atoms in total. The van der Waals surface area contributed by atoms with Gasteiger partial charge in [-0.1, -0.05) is 18.2 Å². The first-order chi connectivity index (χ1) is 10.5. The fourth-order valence-corrected chi connectivity index (χ4v) is 2.29. The number of carbonyl (C=O) groups is 1. The van der Waals surface area contributed by atoms with Crippen molar-refractivity contribution in [3.05, 3.63) is 53.6 Å². The van der Waals surface area contributed by atoms with Crippen molar-refractivity contribution in [2.75, 3.05) is 14.2 Å². The Morgan fingerprint density at radius 2 is 1.91 bits per heavy atom. The van der Waals surface area contributed by atoms with E-state index in [9.17, 15) is 15.0 Å². The van der Waals surface area contributed by atoms with E-state index in [0.717, 1.165) is 5.56 Å². The molecule has 116 valence electrons. The molecule has 2 aromatic carbocycles. The molecule has 2 N–H and O–H groups in total. The second-order valence-electron chi connectivity index (χ2n) is 4.88. The summed E-state index contributed by atoms with van der Waals surface area (Å²) in [6.45, 7) is 0. The van der Waals surface area contributed by atoms with E-state index in [1.165, 1.54) is 13.2 Å². The highest BCUT2D eigenvalue weighted by Gasteiger charge is 2.21. The van der Waals surface area contributed by atoms with Crippen LogP contribution in [0.5, 0.6) is 17.2 Å². The molecule has 2 aromatic rings. The van der Waals surface area contributed by atoms with Gasteiger partial charge in [-0.05, 0) is 41.8 Å². The van der Waals surface area contributed by atoms with Crippen molar-refractivity contribution in [3.8, 4) is 17.2 Å². The summed E-state index contributed by atoms with van der Waals surface area (Å²) in [6.07, 6.45) is 0.291. The third kappa shape index (κ3) is 3.49. The van der Waals surface area contributed by atoms with Gasteiger partial charge in [0.25, 0.3) is 0 Å². The van der Waals surface area contributed by atoms with Crippen LogP contribution in [0, 0.1) is 0 Å². The highest BCUT2D eigenvalue weighted by molar-refractivity contribution is 5.76. The first-order valence-electron chi connectivity index (χ1n) is 6.77. The highest BCUT2D eigenvalue weighted by atomic mass is 16.5. The molecule has 1 unspecified atom stereocenters. The van der Waals surface area contributed by atoms with E-state index < -0.39 is 11.9 Å². The van der Waals surface area contributed by atoms with Crippen LogP contribution < -0.4 is 9.47 Å². The Balaban J connectivity index is 2.31. The lowest BCUT2D eigenvalue weighted by molar-refractivity contribution is -0.138. The molecule has 0 saturated heterocycles. The topological polar surface area (TPSA) is 76.0 Å². The third-order valence-electron chi connectivity index (χ3n) is 3.48. The summed E-state index contributed by atoms with van der Waals surface area (Å²) in [5, 5.41) is 19.1. The van der Waals surface area contributed by atoms with Gasteiger partial charge in [0.15, 0.2) is 11.5 Å². The number of ether oxygens (including phenoxy) is 2. The molecule has 0 aromatic heterocycles. The van der Waals surface area contributed by atoms with Gasteiger partial charge in [-0.3, -0.25) is 4.79 Å². The van der Waals surface area contributed by atoms with E-state index in [-0.39, 0.29) is 5.75 Å². The SMILES string of the molecule is COc1cccc(C(Cc2ccc(O)c(OC)c2)C(=O)O)c1. The Morgan fingerprint density at radius 1 is 1.14 bits per heavy atom. The minimum Gasteiger partial charge on any atom is -0.504 e. The van der Waals surface area contributed by atoms with Gasteiger partial charge in [-0.15, -0.1) is 0 Å². The number of rotatable bonds is 6. The van der Waals surface area contributed by atoms with Gasteiger partial charge in [-0.2, -0.15) is 0 Å². The zero-order valence-electron chi connectivity index (χ0n) is 12.4. The third-order valence-corrected chi connectivity index (χ3v) is 3.48. The molecule has 0 spiro atoms. The number of hydrogen-bond donors (Lipinski definition) is 2. The smallest absolute Gasteiger partial charge is 0.311 e. The Kier molecular flexibility index (Phi) is 4.88. The summed E-state index contributed by atoms with van der Waals surface area (Å²) >= 11 is 0. The lowest BCUT2D eigenvalue weighted by atomic mass is 9.92. The van der Waals surface area contributed by atoms with E-state index in [1.807, 2.05) is 0 Å². The Morgan fingerprint density at radius 3 is 2.55 bits per heavy atom. The minimum absolute atomic E-state index is 0.0273. The molecule has 2 rings (SSSR count). The molecule has 0 aliphatic heterocycles. The fourth-order valence-electron chi connectivity index (χ4n) is 2.29. The summed E-state index contributed by atoms with van der Waals surface area (Å²) in [5.74, 6) is -0.650. The average molecular weight is 302 g/mol. The van der Waals surface area contributed by atoms with Gasteiger partial charge in [0.1, 0.15) is 5.75 Å². The molecule has 0 amide bonds. The standard InChI is InChI=1S/C17H18O5/c1-21-13-5-3-4-12(10-13)14(17(19)20)8-11-6-7-15(18)16(9-11)22-2/h3-7,9-10,14,18H,8H2,1-2H3,(H,19,20). The molecular formula is C17H18O5. The van der Waals surface area contributed by atoms with Crippen molar-refractivity contribution in [3.63, 3.8) is 0 Å². The van der Waals surface area contributed by atoms with Gasteiger partial charge in [0.2, 0.25) is 0 Å². The van der Waals surface area contributed by atoms with Gasteiger partial charge < -0.3 is 19.7 Å². The monoisotopic (exact) mass is 302 g/mol. The first-order valence-corrected chi connectivity index (χ1v) is 6.77. The van der Waals surface area contributed by atoms with E-state index >= 15 is 0 Å². The summed E-state index contributed by atoms with van der Waals surface area (Å²) in [7, 11) is 3.00. The van der Waals surface area contributed by atoms with E-state index in [2.05, 4.69) is 0 Å². The molecule has 0 heterocycles. The van der Waals surface area contributed by atoms with Crippen molar-refractivity contribution in [1.29, 1.82) is 0 Å².